The summed E-state index contributed by atoms with van der Waals surface area (Å²) < 4.78 is 10.3. The number of hydrogen-bond acceptors (Lipinski definition) is 4. The van der Waals surface area contributed by atoms with Crippen molar-refractivity contribution >= 4 is 17.8 Å². The first kappa shape index (κ1) is 15.8. The molecule has 1 aromatic carbocycles. The third-order valence-corrected chi connectivity index (χ3v) is 2.63. The van der Waals surface area contributed by atoms with Gasteiger partial charge in [-0.05, 0) is 31.2 Å². The van der Waals surface area contributed by atoms with Crippen molar-refractivity contribution in [3.63, 3.8) is 0 Å². The highest BCUT2D eigenvalue weighted by Gasteiger charge is 2.03. The average molecular weight is 277 g/mol. The number of nitrogens with one attached hydrogen (secondary N) is 1. The Morgan fingerprint density at radius 2 is 2.00 bits per heavy atom. The van der Waals surface area contributed by atoms with Crippen LogP contribution in [0.1, 0.15) is 18.9 Å². The van der Waals surface area contributed by atoms with Gasteiger partial charge in [-0.3, -0.25) is 9.59 Å². The van der Waals surface area contributed by atoms with Crippen LogP contribution in [0, 0.1) is 0 Å². The Labute approximate surface area is 118 Å². The number of hydrogen-bond donors (Lipinski definition) is 1. The lowest BCUT2D eigenvalue weighted by Crippen LogP contribution is -2.23. The number of ketones is 1. The normalized spacial score (nSPS) is 10.3. The highest BCUT2D eigenvalue weighted by molar-refractivity contribution is 5.92. The van der Waals surface area contributed by atoms with E-state index in [1.54, 1.807) is 38.5 Å². The highest BCUT2D eigenvalue weighted by atomic mass is 16.5. The van der Waals surface area contributed by atoms with Gasteiger partial charge in [-0.2, -0.15) is 0 Å². The van der Waals surface area contributed by atoms with Gasteiger partial charge < -0.3 is 14.8 Å². The van der Waals surface area contributed by atoms with Crippen molar-refractivity contribution in [2.45, 2.75) is 13.3 Å². The van der Waals surface area contributed by atoms with Crippen LogP contribution >= 0.6 is 0 Å². The summed E-state index contributed by atoms with van der Waals surface area (Å²) in [6.07, 6.45) is 3.38. The maximum atomic E-state index is 11.6. The summed E-state index contributed by atoms with van der Waals surface area (Å²) >= 11 is 0. The minimum absolute atomic E-state index is 0.0451. The van der Waals surface area contributed by atoms with Crippen molar-refractivity contribution in [2.24, 2.45) is 0 Å². The molecule has 1 N–H and O–H groups in total. The van der Waals surface area contributed by atoms with E-state index in [1.165, 1.54) is 13.0 Å². The fourth-order valence-corrected chi connectivity index (χ4v) is 1.56. The number of benzene rings is 1. The second-order valence-electron chi connectivity index (χ2n) is 4.18. The van der Waals surface area contributed by atoms with Crippen LogP contribution < -0.4 is 14.8 Å². The highest BCUT2D eigenvalue weighted by Crippen LogP contribution is 2.24. The maximum absolute atomic E-state index is 11.6. The Morgan fingerprint density at radius 3 is 2.60 bits per heavy atom. The lowest BCUT2D eigenvalue weighted by molar-refractivity contribution is -0.117. The van der Waals surface area contributed by atoms with Crippen LogP contribution in [-0.2, 0) is 9.59 Å². The molecule has 108 valence electrons. The number of ether oxygens (including phenoxy) is 2. The molecule has 0 spiro atoms. The summed E-state index contributed by atoms with van der Waals surface area (Å²) in [4.78, 5) is 22.3. The first-order valence-electron chi connectivity index (χ1n) is 6.24. The van der Waals surface area contributed by atoms with Crippen LogP contribution in [-0.4, -0.2) is 32.5 Å². The van der Waals surface area contributed by atoms with Crippen LogP contribution in [0.3, 0.4) is 0 Å². The van der Waals surface area contributed by atoms with Crippen molar-refractivity contribution in [3.05, 3.63) is 29.8 Å². The first-order valence-corrected chi connectivity index (χ1v) is 6.24. The number of rotatable bonds is 7. The summed E-state index contributed by atoms with van der Waals surface area (Å²) in [5.74, 6) is 1.13. The number of methoxy groups -OCH3 is 2. The summed E-state index contributed by atoms with van der Waals surface area (Å²) in [5, 5.41) is 2.63. The number of amides is 1. The van der Waals surface area contributed by atoms with E-state index in [4.69, 9.17) is 9.47 Å². The van der Waals surface area contributed by atoms with E-state index in [9.17, 15) is 9.59 Å². The molecule has 0 aliphatic heterocycles. The van der Waals surface area contributed by atoms with Gasteiger partial charge in [0.15, 0.2) is 0 Å². The minimum Gasteiger partial charge on any atom is -0.497 e. The van der Waals surface area contributed by atoms with Gasteiger partial charge in [0.2, 0.25) is 5.91 Å². The topological polar surface area (TPSA) is 64.6 Å². The fourth-order valence-electron chi connectivity index (χ4n) is 1.56. The van der Waals surface area contributed by atoms with E-state index in [-0.39, 0.29) is 11.7 Å². The van der Waals surface area contributed by atoms with Gasteiger partial charge in [-0.15, -0.1) is 0 Å². The van der Waals surface area contributed by atoms with E-state index >= 15 is 0 Å². The van der Waals surface area contributed by atoms with Crippen molar-refractivity contribution in [2.75, 3.05) is 20.8 Å². The lowest BCUT2D eigenvalue weighted by Gasteiger charge is -2.07. The Bertz CT molecular complexity index is 509. The van der Waals surface area contributed by atoms with E-state index in [1.807, 2.05) is 0 Å². The minimum atomic E-state index is -0.254. The van der Waals surface area contributed by atoms with Gasteiger partial charge in [-0.25, -0.2) is 0 Å². The molecule has 20 heavy (non-hydrogen) atoms. The fraction of sp³-hybridized carbons (Fsp3) is 0.333. The van der Waals surface area contributed by atoms with Crippen LogP contribution in [0.4, 0.5) is 0 Å². The van der Waals surface area contributed by atoms with Crippen molar-refractivity contribution < 1.29 is 19.1 Å². The largest absolute Gasteiger partial charge is 0.497 e. The summed E-state index contributed by atoms with van der Waals surface area (Å²) in [5.41, 5.74) is 0.744. The van der Waals surface area contributed by atoms with E-state index in [2.05, 4.69) is 5.32 Å². The van der Waals surface area contributed by atoms with Crippen LogP contribution in [0.5, 0.6) is 11.5 Å². The zero-order valence-corrected chi connectivity index (χ0v) is 11.9. The molecular weight excluding hydrogens is 258 g/mol. The van der Waals surface area contributed by atoms with E-state index < -0.39 is 0 Å². The second kappa shape index (κ2) is 7.99. The third kappa shape index (κ3) is 5.14. The third-order valence-electron chi connectivity index (χ3n) is 2.63. The second-order valence-corrected chi connectivity index (χ2v) is 4.18. The standard InChI is InChI=1S/C15H19NO4/c1-11(17)8-9-16-15(18)7-4-12-10-13(19-2)5-6-14(12)20-3/h4-7,10H,8-9H2,1-3H3,(H,16,18)/b7-4+. The molecule has 0 saturated carbocycles. The summed E-state index contributed by atoms with van der Waals surface area (Å²) in [7, 11) is 3.13. The average Bonchev–Trinajstić information content (AvgIpc) is 2.44. The summed E-state index contributed by atoms with van der Waals surface area (Å²) in [6.45, 7) is 1.83. The quantitative estimate of drug-likeness (QED) is 0.772. The van der Waals surface area contributed by atoms with Crippen LogP contribution in [0.25, 0.3) is 6.08 Å². The number of Topliss-reactive ketones (excluding diaryl/α,β-unsaturated/α-hetero) is 1. The predicted octanol–water partition coefficient (Wildman–Crippen LogP) is 1.81. The molecule has 0 radical (unpaired) electrons. The Morgan fingerprint density at radius 1 is 1.25 bits per heavy atom. The first-order chi connectivity index (χ1) is 9.56. The van der Waals surface area contributed by atoms with E-state index in [0.29, 0.717) is 24.5 Å². The van der Waals surface area contributed by atoms with Gasteiger partial charge in [0.1, 0.15) is 17.3 Å². The zero-order chi connectivity index (χ0) is 15.0. The van der Waals surface area contributed by atoms with Crippen LogP contribution in [0.15, 0.2) is 24.3 Å². The molecule has 5 nitrogen and oxygen atoms in total. The molecule has 1 amide bonds. The molecule has 1 rings (SSSR count). The van der Waals surface area contributed by atoms with Gasteiger partial charge in [0.25, 0.3) is 0 Å². The smallest absolute Gasteiger partial charge is 0.244 e. The summed E-state index contributed by atoms with van der Waals surface area (Å²) in [6, 6.07) is 5.33. The number of carbonyl (C=O) groups is 2. The molecule has 0 atom stereocenters. The molecule has 1 aromatic rings. The van der Waals surface area contributed by atoms with Crippen molar-refractivity contribution in [3.8, 4) is 11.5 Å². The molecule has 0 fully saturated rings. The molecule has 0 unspecified atom stereocenters. The van der Waals surface area contributed by atoms with E-state index in [0.717, 1.165) is 5.56 Å². The molecular formula is C15H19NO4. The van der Waals surface area contributed by atoms with Gasteiger partial charge in [0, 0.05) is 24.6 Å². The van der Waals surface area contributed by atoms with Crippen LogP contribution in [0.2, 0.25) is 0 Å². The van der Waals surface area contributed by atoms with Gasteiger partial charge in [0.05, 0.1) is 14.2 Å². The lowest BCUT2D eigenvalue weighted by atomic mass is 10.1. The Balaban J connectivity index is 2.68. The SMILES string of the molecule is COc1ccc(OC)c(/C=C/C(=O)NCCC(C)=O)c1. The van der Waals surface area contributed by atoms with Crippen molar-refractivity contribution in [1.29, 1.82) is 0 Å². The maximum Gasteiger partial charge on any atom is 0.244 e. The number of carbonyl (C=O) groups excluding carboxylic acids is 2. The molecule has 0 saturated heterocycles. The zero-order valence-electron chi connectivity index (χ0n) is 11.9. The Hall–Kier alpha value is -2.30. The molecule has 0 heterocycles. The van der Waals surface area contributed by atoms with Gasteiger partial charge >= 0.3 is 0 Å². The molecule has 5 heteroatoms. The van der Waals surface area contributed by atoms with Gasteiger partial charge in [-0.1, -0.05) is 0 Å². The molecule has 0 aliphatic rings. The Kier molecular flexibility index (Phi) is 6.29. The molecule has 0 aliphatic carbocycles. The molecule has 0 aromatic heterocycles. The monoisotopic (exact) mass is 277 g/mol. The predicted molar refractivity (Wildman–Crippen MR) is 76.9 cm³/mol. The molecule has 0 bridgehead atoms. The van der Waals surface area contributed by atoms with Crippen molar-refractivity contribution in [1.82, 2.24) is 5.32 Å².